The van der Waals surface area contributed by atoms with Gasteiger partial charge in [0.15, 0.2) is 0 Å². The van der Waals surface area contributed by atoms with Crippen LogP contribution >= 0.6 is 11.3 Å². The van der Waals surface area contributed by atoms with Gasteiger partial charge in [-0.15, -0.1) is 11.3 Å². The lowest BCUT2D eigenvalue weighted by molar-refractivity contribution is -0.0592. The van der Waals surface area contributed by atoms with Crippen LogP contribution in [0.4, 0.5) is 4.39 Å². The second kappa shape index (κ2) is 11.4. The van der Waals surface area contributed by atoms with E-state index in [1.165, 1.54) is 16.5 Å². The van der Waals surface area contributed by atoms with Gasteiger partial charge in [0, 0.05) is 34.7 Å². The van der Waals surface area contributed by atoms with Crippen molar-refractivity contribution in [3.8, 4) is 11.9 Å². The number of piperidine rings is 1. The van der Waals surface area contributed by atoms with Gasteiger partial charge in [-0.25, -0.2) is 14.4 Å². The van der Waals surface area contributed by atoms with Gasteiger partial charge in [-0.1, -0.05) is 19.1 Å². The van der Waals surface area contributed by atoms with E-state index in [1.807, 2.05) is 12.1 Å². The molecule has 0 unspecified atom stereocenters. The van der Waals surface area contributed by atoms with Crippen molar-refractivity contribution in [3.05, 3.63) is 75.8 Å². The van der Waals surface area contributed by atoms with Crippen LogP contribution in [0.25, 0.3) is 10.3 Å². The molecule has 0 spiro atoms. The quantitative estimate of drug-likeness (QED) is 0.264. The highest BCUT2D eigenvalue weighted by Crippen LogP contribution is 2.31. The number of thiophene rings is 1. The van der Waals surface area contributed by atoms with Gasteiger partial charge in [-0.2, -0.15) is 5.26 Å². The number of benzene rings is 1. The van der Waals surface area contributed by atoms with Gasteiger partial charge in [0.05, 0.1) is 36.3 Å². The molecule has 9 heteroatoms. The molecule has 0 radical (unpaired) electrons. The van der Waals surface area contributed by atoms with Crippen molar-refractivity contribution < 1.29 is 13.9 Å². The maximum Gasteiger partial charge on any atom is 0.213 e. The van der Waals surface area contributed by atoms with E-state index in [0.717, 1.165) is 74.8 Å². The lowest BCUT2D eigenvalue weighted by Crippen LogP contribution is -2.35. The molecule has 0 amide bonds. The summed E-state index contributed by atoms with van der Waals surface area (Å²) >= 11 is 1.81. The summed E-state index contributed by atoms with van der Waals surface area (Å²) in [6, 6.07) is 14.5. The van der Waals surface area contributed by atoms with Crippen LogP contribution < -0.4 is 4.74 Å². The topological polar surface area (TPSA) is 76.2 Å². The van der Waals surface area contributed by atoms with Gasteiger partial charge in [0.2, 0.25) is 5.88 Å². The molecule has 3 aromatic heterocycles. The number of hydrogen-bond acceptors (Lipinski definition) is 7. The molecule has 2 fully saturated rings. The zero-order valence-electron chi connectivity index (χ0n) is 22.1. The number of aryl methyl sites for hydroxylation is 1. The smallest absolute Gasteiger partial charge is 0.213 e. The van der Waals surface area contributed by atoms with Gasteiger partial charge >= 0.3 is 0 Å². The van der Waals surface area contributed by atoms with Gasteiger partial charge in [0.1, 0.15) is 23.1 Å². The zero-order valence-corrected chi connectivity index (χ0v) is 22.9. The summed E-state index contributed by atoms with van der Waals surface area (Å²) in [7, 11) is 0. The van der Waals surface area contributed by atoms with Crippen molar-refractivity contribution in [1.29, 1.82) is 5.26 Å². The standard InChI is InChI=1S/C30H32FN5O2S/c1-2-24-15-27-30(39-24)34-28(36(27)17-23-10-13-37-23)18-35-11-8-21(9-12-35)26-4-3-5-29(33-26)38-19-22-7-6-20(16-32)14-25(22)31/h3-7,14-15,21,23H,2,8-13,17-19H2,1H3/t23-/m0/s1. The number of likely N-dealkylation sites (tertiary alicyclic amines) is 1. The molecule has 202 valence electrons. The maximum atomic E-state index is 14.2. The monoisotopic (exact) mass is 545 g/mol. The maximum absolute atomic E-state index is 14.2. The van der Waals surface area contributed by atoms with Crippen LogP contribution in [-0.2, 0) is 30.9 Å². The second-order valence-corrected chi connectivity index (χ2v) is 11.4. The minimum absolute atomic E-state index is 0.0716. The molecule has 2 aliphatic rings. The predicted octanol–water partition coefficient (Wildman–Crippen LogP) is 5.81. The Balaban J connectivity index is 1.08. The van der Waals surface area contributed by atoms with E-state index in [0.29, 0.717) is 29.0 Å². The SMILES string of the molecule is CCc1cc2c(nc(CN3CCC(c4cccc(OCc5ccc(C#N)cc5F)n4)CC3)n2C[C@@H]2CCO2)s1. The third-order valence-corrected chi connectivity index (χ3v) is 8.94. The van der Waals surface area contributed by atoms with Gasteiger partial charge in [-0.05, 0) is 63.0 Å². The van der Waals surface area contributed by atoms with Gasteiger partial charge in [0.25, 0.3) is 0 Å². The fraction of sp³-hybridized carbons (Fsp3) is 0.433. The Morgan fingerprint density at radius 3 is 2.72 bits per heavy atom. The predicted molar refractivity (Wildman–Crippen MR) is 148 cm³/mol. The summed E-state index contributed by atoms with van der Waals surface area (Å²) in [5.74, 6) is 1.54. The first-order chi connectivity index (χ1) is 19.1. The van der Waals surface area contributed by atoms with Crippen molar-refractivity contribution >= 4 is 21.7 Å². The van der Waals surface area contributed by atoms with Crippen molar-refractivity contribution in [3.63, 3.8) is 0 Å². The number of imidazole rings is 1. The average molecular weight is 546 g/mol. The Morgan fingerprint density at radius 2 is 2.00 bits per heavy atom. The molecular formula is C30H32FN5O2S. The van der Waals surface area contributed by atoms with Crippen molar-refractivity contribution in [2.24, 2.45) is 0 Å². The third kappa shape index (κ3) is 5.69. The molecule has 0 aliphatic carbocycles. The van der Waals surface area contributed by atoms with E-state index < -0.39 is 5.82 Å². The zero-order chi connectivity index (χ0) is 26.8. The largest absolute Gasteiger partial charge is 0.473 e. The first-order valence-electron chi connectivity index (χ1n) is 13.7. The highest BCUT2D eigenvalue weighted by molar-refractivity contribution is 7.18. The number of nitrogens with zero attached hydrogens (tertiary/aromatic N) is 5. The second-order valence-electron chi connectivity index (χ2n) is 10.3. The summed E-state index contributed by atoms with van der Waals surface area (Å²) in [5, 5.41) is 8.93. The highest BCUT2D eigenvalue weighted by Gasteiger charge is 2.26. The molecule has 5 heterocycles. The van der Waals surface area contributed by atoms with Crippen molar-refractivity contribution in [2.45, 2.75) is 64.3 Å². The molecule has 39 heavy (non-hydrogen) atoms. The molecule has 0 bridgehead atoms. The Hall–Kier alpha value is -3.32. The van der Waals surface area contributed by atoms with Crippen LogP contribution in [0.15, 0.2) is 42.5 Å². The molecule has 2 saturated heterocycles. The number of halogens is 1. The molecule has 7 nitrogen and oxygen atoms in total. The lowest BCUT2D eigenvalue weighted by Gasteiger charge is -2.32. The number of ether oxygens (including phenoxy) is 2. The summed E-state index contributed by atoms with van der Waals surface area (Å²) in [6.45, 7) is 6.81. The van der Waals surface area contributed by atoms with E-state index in [9.17, 15) is 4.39 Å². The molecule has 1 atom stereocenters. The highest BCUT2D eigenvalue weighted by atomic mass is 32.1. The van der Waals surface area contributed by atoms with E-state index in [1.54, 1.807) is 29.5 Å². The minimum Gasteiger partial charge on any atom is -0.473 e. The molecule has 4 aromatic rings. The van der Waals surface area contributed by atoms with Crippen molar-refractivity contribution in [1.82, 2.24) is 19.4 Å². The summed E-state index contributed by atoms with van der Waals surface area (Å²) in [4.78, 5) is 14.8. The van der Waals surface area contributed by atoms with Crippen LogP contribution in [0.1, 0.15) is 59.6 Å². The van der Waals surface area contributed by atoms with Crippen LogP contribution in [0.3, 0.4) is 0 Å². The molecule has 1 aromatic carbocycles. The van der Waals surface area contributed by atoms with E-state index in [-0.39, 0.29) is 6.61 Å². The average Bonchev–Trinajstić information content (AvgIpc) is 3.48. The molecule has 0 saturated carbocycles. The molecule has 0 N–H and O–H groups in total. The van der Waals surface area contributed by atoms with E-state index >= 15 is 0 Å². The van der Waals surface area contributed by atoms with E-state index in [4.69, 9.17) is 24.7 Å². The minimum atomic E-state index is -0.441. The third-order valence-electron chi connectivity index (χ3n) is 7.78. The van der Waals surface area contributed by atoms with E-state index in [2.05, 4.69) is 28.5 Å². The number of aromatic nitrogens is 3. The van der Waals surface area contributed by atoms with Crippen LogP contribution in [0, 0.1) is 17.1 Å². The Morgan fingerprint density at radius 1 is 1.15 bits per heavy atom. The van der Waals surface area contributed by atoms with Crippen LogP contribution in [0.2, 0.25) is 0 Å². The number of rotatable bonds is 9. The summed E-state index contributed by atoms with van der Waals surface area (Å²) in [6.07, 6.45) is 4.48. The lowest BCUT2D eigenvalue weighted by atomic mass is 9.93. The summed E-state index contributed by atoms with van der Waals surface area (Å²) < 4.78 is 28.2. The van der Waals surface area contributed by atoms with Gasteiger partial charge in [-0.3, -0.25) is 4.90 Å². The fourth-order valence-electron chi connectivity index (χ4n) is 5.35. The number of hydrogen-bond donors (Lipinski definition) is 0. The molecule has 2 aliphatic heterocycles. The first-order valence-corrected chi connectivity index (χ1v) is 14.5. The Kier molecular flexibility index (Phi) is 7.60. The molecule has 6 rings (SSSR count). The first kappa shape index (κ1) is 25.9. The molecular weight excluding hydrogens is 513 g/mol. The van der Waals surface area contributed by atoms with Crippen LogP contribution in [0.5, 0.6) is 5.88 Å². The normalized spacial score (nSPS) is 18.2. The van der Waals surface area contributed by atoms with Crippen molar-refractivity contribution in [2.75, 3.05) is 19.7 Å². The van der Waals surface area contributed by atoms with Crippen LogP contribution in [-0.4, -0.2) is 45.2 Å². The van der Waals surface area contributed by atoms with Gasteiger partial charge < -0.3 is 14.0 Å². The summed E-state index contributed by atoms with van der Waals surface area (Å²) in [5.41, 5.74) is 2.97. The fourth-order valence-corrected chi connectivity index (χ4v) is 6.34. The Bertz CT molecular complexity index is 1500. The number of pyridine rings is 1. The Labute approximate surface area is 231 Å². The number of nitriles is 1. The number of fused-ring (bicyclic) bond motifs is 1.